The lowest BCUT2D eigenvalue weighted by Crippen LogP contribution is -2.37. The van der Waals surface area contributed by atoms with Crippen molar-refractivity contribution in [3.63, 3.8) is 0 Å². The van der Waals surface area contributed by atoms with Gasteiger partial charge in [0.05, 0.1) is 25.6 Å². The largest absolute Gasteiger partial charge is 0.508 e. The number of hydrogen-bond acceptors (Lipinski definition) is 12. The Morgan fingerprint density at radius 3 is 1.72 bits per heavy atom. The Bertz CT molecular complexity index is 1120. The van der Waals surface area contributed by atoms with Gasteiger partial charge in [-0.1, -0.05) is 96.9 Å². The standard InChI is InChI=1S/C49H87NO11/c1-5-9-12-15-18-21-25-35-55-45(51)30-23-22-24-31-46(52)58-40-44(42-61-49(54)60-39-43-29-28-34-50(8-4)38-43)41-59-47(53)32-33-48(56-36-26-19-16-13-10-6-2)57-37-27-20-17-14-11-7-3/h10-11,13-14,43-44,48H,5-9,12,15-42H2,1-4H3/b13-10-,14-11-. The second-order valence-corrected chi connectivity index (χ2v) is 16.4. The summed E-state index contributed by atoms with van der Waals surface area (Å²) in [7, 11) is 0. The van der Waals surface area contributed by atoms with Gasteiger partial charge in [0.15, 0.2) is 6.29 Å². The number of rotatable bonds is 40. The molecule has 0 bridgehead atoms. The van der Waals surface area contributed by atoms with Crippen LogP contribution in [-0.2, 0) is 47.5 Å². The van der Waals surface area contributed by atoms with Crippen LogP contribution in [0, 0.1) is 11.8 Å². The van der Waals surface area contributed by atoms with Crippen molar-refractivity contribution in [1.82, 2.24) is 4.90 Å². The van der Waals surface area contributed by atoms with Crippen molar-refractivity contribution in [2.75, 3.05) is 65.9 Å². The van der Waals surface area contributed by atoms with Gasteiger partial charge in [-0.15, -0.1) is 0 Å². The molecule has 0 radical (unpaired) electrons. The zero-order valence-electron chi connectivity index (χ0n) is 39.0. The molecule has 0 amide bonds. The van der Waals surface area contributed by atoms with Gasteiger partial charge in [0.2, 0.25) is 0 Å². The fourth-order valence-corrected chi connectivity index (χ4v) is 6.91. The number of ether oxygens (including phenoxy) is 7. The number of likely N-dealkylation sites (tertiary alicyclic amines) is 1. The molecule has 2 unspecified atom stereocenters. The van der Waals surface area contributed by atoms with Gasteiger partial charge in [-0.05, 0) is 96.6 Å². The summed E-state index contributed by atoms with van der Waals surface area (Å²) in [6.45, 7) is 13.0. The highest BCUT2D eigenvalue weighted by Crippen LogP contribution is 2.17. The van der Waals surface area contributed by atoms with Crippen molar-refractivity contribution in [2.24, 2.45) is 11.8 Å². The number of carbonyl (C=O) groups is 4. The number of allylic oxidation sites excluding steroid dienone is 4. The summed E-state index contributed by atoms with van der Waals surface area (Å²) >= 11 is 0. The molecule has 1 fully saturated rings. The molecular formula is C49H87NO11. The fourth-order valence-electron chi connectivity index (χ4n) is 6.91. The van der Waals surface area contributed by atoms with Crippen molar-refractivity contribution in [1.29, 1.82) is 0 Å². The molecule has 0 aromatic rings. The van der Waals surface area contributed by atoms with Crippen LogP contribution in [0.15, 0.2) is 24.3 Å². The van der Waals surface area contributed by atoms with Crippen LogP contribution < -0.4 is 0 Å². The van der Waals surface area contributed by atoms with E-state index in [4.69, 9.17) is 33.2 Å². The van der Waals surface area contributed by atoms with Crippen LogP contribution in [0.5, 0.6) is 0 Å². The molecule has 1 rings (SSSR count). The van der Waals surface area contributed by atoms with Gasteiger partial charge in [0, 0.05) is 44.9 Å². The first-order chi connectivity index (χ1) is 29.8. The number of esters is 3. The maximum Gasteiger partial charge on any atom is 0.508 e. The molecule has 2 atom stereocenters. The van der Waals surface area contributed by atoms with E-state index >= 15 is 0 Å². The van der Waals surface area contributed by atoms with Gasteiger partial charge >= 0.3 is 24.1 Å². The molecule has 1 aliphatic rings. The van der Waals surface area contributed by atoms with Gasteiger partial charge in [0.25, 0.3) is 0 Å². The molecule has 61 heavy (non-hydrogen) atoms. The van der Waals surface area contributed by atoms with Crippen LogP contribution in [0.1, 0.15) is 182 Å². The minimum absolute atomic E-state index is 0.0847. The summed E-state index contributed by atoms with van der Waals surface area (Å²) in [6.07, 6.45) is 28.4. The first-order valence-corrected chi connectivity index (χ1v) is 24.3. The molecule has 1 aliphatic heterocycles. The van der Waals surface area contributed by atoms with Crippen LogP contribution in [0.3, 0.4) is 0 Å². The van der Waals surface area contributed by atoms with Crippen molar-refractivity contribution < 1.29 is 52.3 Å². The highest BCUT2D eigenvalue weighted by atomic mass is 16.7. The molecule has 12 heteroatoms. The summed E-state index contributed by atoms with van der Waals surface area (Å²) < 4.78 is 39.5. The Labute approximate surface area is 370 Å². The molecule has 0 spiro atoms. The summed E-state index contributed by atoms with van der Waals surface area (Å²) in [5.74, 6) is -1.37. The Kier molecular flexibility index (Phi) is 37.7. The normalized spacial score (nSPS) is 15.1. The van der Waals surface area contributed by atoms with E-state index in [1.54, 1.807) is 0 Å². The highest BCUT2D eigenvalue weighted by molar-refractivity contribution is 5.70. The predicted molar refractivity (Wildman–Crippen MR) is 241 cm³/mol. The molecule has 354 valence electrons. The monoisotopic (exact) mass is 866 g/mol. The lowest BCUT2D eigenvalue weighted by atomic mass is 9.99. The quantitative estimate of drug-likeness (QED) is 0.0191. The number of nitrogens with zero attached hydrogens (tertiary/aromatic N) is 1. The van der Waals surface area contributed by atoms with Crippen LogP contribution >= 0.6 is 0 Å². The number of unbranched alkanes of at least 4 members (excludes halogenated alkanes) is 12. The summed E-state index contributed by atoms with van der Waals surface area (Å²) in [6, 6.07) is 0. The zero-order chi connectivity index (χ0) is 44.4. The molecule has 0 aromatic carbocycles. The number of hydrogen-bond donors (Lipinski definition) is 0. The second kappa shape index (κ2) is 41.1. The van der Waals surface area contributed by atoms with E-state index in [-0.39, 0.29) is 51.2 Å². The molecule has 12 nitrogen and oxygen atoms in total. The molecule has 0 saturated carbocycles. The van der Waals surface area contributed by atoms with E-state index in [2.05, 4.69) is 56.9 Å². The van der Waals surface area contributed by atoms with Crippen LogP contribution in [0.2, 0.25) is 0 Å². The second-order valence-electron chi connectivity index (χ2n) is 16.4. The van der Waals surface area contributed by atoms with Crippen LogP contribution in [0.25, 0.3) is 0 Å². The molecule has 0 N–H and O–H groups in total. The summed E-state index contributed by atoms with van der Waals surface area (Å²) in [5.41, 5.74) is 0. The average Bonchev–Trinajstić information content (AvgIpc) is 3.27. The van der Waals surface area contributed by atoms with Crippen LogP contribution in [0.4, 0.5) is 4.79 Å². The zero-order valence-corrected chi connectivity index (χ0v) is 39.0. The van der Waals surface area contributed by atoms with E-state index in [1.165, 1.54) is 32.1 Å². The van der Waals surface area contributed by atoms with Crippen LogP contribution in [-0.4, -0.2) is 101 Å². The highest BCUT2D eigenvalue weighted by Gasteiger charge is 2.23. The maximum atomic E-state index is 13.0. The van der Waals surface area contributed by atoms with E-state index in [9.17, 15) is 19.2 Å². The predicted octanol–water partition coefficient (Wildman–Crippen LogP) is 11.2. The lowest BCUT2D eigenvalue weighted by Gasteiger charge is -2.31. The average molecular weight is 866 g/mol. The van der Waals surface area contributed by atoms with E-state index in [0.717, 1.165) is 96.7 Å². The third-order valence-corrected chi connectivity index (χ3v) is 10.7. The van der Waals surface area contributed by atoms with E-state index < -0.39 is 30.3 Å². The Hall–Kier alpha value is -2.96. The SMILES string of the molecule is CC/C=C\CCCCOC(CCC(=O)OCC(COC(=O)CCCCCC(=O)OCCCCCCCCC)COC(=O)OCC1CCCN(CC)C1)OCCCC/C=C\CC. The molecule has 0 aromatic heterocycles. The van der Waals surface area contributed by atoms with Crippen molar-refractivity contribution in [3.05, 3.63) is 24.3 Å². The smallest absolute Gasteiger partial charge is 0.466 e. The lowest BCUT2D eigenvalue weighted by molar-refractivity contribution is -0.161. The minimum Gasteiger partial charge on any atom is -0.466 e. The van der Waals surface area contributed by atoms with Gasteiger partial charge in [-0.2, -0.15) is 0 Å². The third kappa shape index (κ3) is 35.2. The fraction of sp³-hybridized carbons (Fsp3) is 0.837. The summed E-state index contributed by atoms with van der Waals surface area (Å²) in [5, 5.41) is 0. The topological polar surface area (TPSA) is 136 Å². The van der Waals surface area contributed by atoms with Crippen molar-refractivity contribution in [2.45, 2.75) is 188 Å². The summed E-state index contributed by atoms with van der Waals surface area (Å²) in [4.78, 5) is 52.7. The van der Waals surface area contributed by atoms with Gasteiger partial charge in [-0.3, -0.25) is 14.4 Å². The Morgan fingerprint density at radius 2 is 1.11 bits per heavy atom. The van der Waals surface area contributed by atoms with E-state index in [0.29, 0.717) is 51.9 Å². The maximum absolute atomic E-state index is 13.0. The Balaban J connectivity index is 2.58. The first kappa shape index (κ1) is 56.1. The van der Waals surface area contributed by atoms with Gasteiger partial charge in [0.1, 0.15) is 19.8 Å². The Morgan fingerprint density at radius 1 is 0.574 bits per heavy atom. The van der Waals surface area contributed by atoms with E-state index in [1.807, 2.05) is 0 Å². The molecular weight excluding hydrogens is 779 g/mol. The number of piperidine rings is 1. The molecule has 1 saturated heterocycles. The van der Waals surface area contributed by atoms with Crippen molar-refractivity contribution in [3.8, 4) is 0 Å². The van der Waals surface area contributed by atoms with Crippen molar-refractivity contribution >= 4 is 24.1 Å². The minimum atomic E-state index is -0.794. The van der Waals surface area contributed by atoms with Gasteiger partial charge in [-0.25, -0.2) is 4.79 Å². The first-order valence-electron chi connectivity index (χ1n) is 24.3. The third-order valence-electron chi connectivity index (χ3n) is 10.7. The number of carbonyl (C=O) groups excluding carboxylic acids is 4. The molecule has 0 aliphatic carbocycles. The van der Waals surface area contributed by atoms with Gasteiger partial charge < -0.3 is 38.1 Å². The molecule has 1 heterocycles.